The molecule has 1 aliphatic rings. The van der Waals surface area contributed by atoms with Gasteiger partial charge in [-0.25, -0.2) is 0 Å². The zero-order valence-corrected chi connectivity index (χ0v) is 15.9. The van der Waals surface area contributed by atoms with Crippen LogP contribution in [0.25, 0.3) is 16.7 Å². The molecule has 140 valence electrons. The van der Waals surface area contributed by atoms with Gasteiger partial charge in [-0.2, -0.15) is 0 Å². The van der Waals surface area contributed by atoms with Crippen LogP contribution in [0.5, 0.6) is 5.75 Å². The fourth-order valence-electron chi connectivity index (χ4n) is 3.81. The van der Waals surface area contributed by atoms with E-state index in [1.54, 1.807) is 19.2 Å². The van der Waals surface area contributed by atoms with Crippen LogP contribution < -0.4 is 9.64 Å². The molecule has 1 saturated heterocycles. The molecule has 2 aromatic carbocycles. The molecule has 1 aromatic heterocycles. The second-order valence-electron chi connectivity index (χ2n) is 6.76. The summed E-state index contributed by atoms with van der Waals surface area (Å²) in [5.41, 5.74) is 2.52. The molecule has 4 rings (SSSR count). The number of non-ortho nitro benzene ring substituents is 1. The second-order valence-corrected chi connectivity index (χ2v) is 7.13. The van der Waals surface area contributed by atoms with Gasteiger partial charge in [0.15, 0.2) is 11.4 Å². The Morgan fingerprint density at radius 1 is 1.19 bits per heavy atom. The van der Waals surface area contributed by atoms with Crippen molar-refractivity contribution in [3.8, 4) is 11.4 Å². The van der Waals surface area contributed by atoms with Crippen LogP contribution in [-0.4, -0.2) is 34.3 Å². The second kappa shape index (κ2) is 7.13. The highest BCUT2D eigenvalue weighted by Crippen LogP contribution is 2.30. The number of aromatic nitrogens is 2. The number of ether oxygens (including phenoxy) is 1. The number of hydrogen-bond donors (Lipinski definition) is 1. The fourth-order valence-corrected chi connectivity index (χ4v) is 4.17. The zero-order valence-electron chi connectivity index (χ0n) is 15.1. The lowest BCUT2D eigenvalue weighted by Gasteiger charge is -2.13. The molecule has 0 atom stereocenters. The van der Waals surface area contributed by atoms with E-state index in [1.165, 1.54) is 23.8 Å². The first-order chi connectivity index (χ1) is 13.1. The van der Waals surface area contributed by atoms with Crippen LogP contribution in [0, 0.1) is 14.9 Å². The van der Waals surface area contributed by atoms with Gasteiger partial charge in [0.1, 0.15) is 5.75 Å². The van der Waals surface area contributed by atoms with Gasteiger partial charge in [-0.1, -0.05) is 12.1 Å². The number of methoxy groups -OCH3 is 1. The smallest absolute Gasteiger partial charge is 0.271 e. The van der Waals surface area contributed by atoms with Crippen LogP contribution in [0.1, 0.15) is 12.8 Å². The third-order valence-electron chi connectivity index (χ3n) is 5.14. The molecule has 27 heavy (non-hydrogen) atoms. The molecule has 1 aliphatic heterocycles. The lowest BCUT2D eigenvalue weighted by atomic mass is 10.2. The van der Waals surface area contributed by atoms with Gasteiger partial charge in [0.25, 0.3) is 5.69 Å². The summed E-state index contributed by atoms with van der Waals surface area (Å²) in [6.45, 7) is 2.90. The minimum Gasteiger partial charge on any atom is -0.495 e. The van der Waals surface area contributed by atoms with E-state index in [9.17, 15) is 10.1 Å². The zero-order chi connectivity index (χ0) is 19.0. The third kappa shape index (κ3) is 3.11. The molecule has 1 N–H and O–H groups in total. The summed E-state index contributed by atoms with van der Waals surface area (Å²) in [4.78, 5) is 12.4. The molecule has 0 saturated carbocycles. The maximum Gasteiger partial charge on any atom is 0.271 e. The molecule has 0 bridgehead atoms. The molecule has 0 aliphatic carbocycles. The molecule has 0 spiro atoms. The maximum absolute atomic E-state index is 11.3. The Kier molecular flexibility index (Phi) is 4.67. The average Bonchev–Trinajstić information content (AvgIpc) is 3.28. The van der Waals surface area contributed by atoms with E-state index in [2.05, 4.69) is 0 Å². The Morgan fingerprint density at radius 3 is 2.63 bits per heavy atom. The van der Waals surface area contributed by atoms with Crippen LogP contribution in [0.15, 0.2) is 42.5 Å². The summed E-state index contributed by atoms with van der Waals surface area (Å²) in [6.07, 6.45) is 2.40. The molecule has 1 fully saturated rings. The minimum absolute atomic E-state index is 0.0693. The van der Waals surface area contributed by atoms with Crippen LogP contribution >= 0.6 is 12.2 Å². The van der Waals surface area contributed by atoms with Gasteiger partial charge >= 0.3 is 0 Å². The van der Waals surface area contributed by atoms with E-state index >= 15 is 0 Å². The number of benzene rings is 2. The molecule has 2 heterocycles. The lowest BCUT2D eigenvalue weighted by Crippen LogP contribution is -3.09. The van der Waals surface area contributed by atoms with Crippen molar-refractivity contribution in [1.29, 1.82) is 0 Å². The first-order valence-electron chi connectivity index (χ1n) is 8.97. The maximum atomic E-state index is 11.3. The Morgan fingerprint density at radius 2 is 1.93 bits per heavy atom. The van der Waals surface area contributed by atoms with Gasteiger partial charge in [0, 0.05) is 25.0 Å². The van der Waals surface area contributed by atoms with Gasteiger partial charge in [0.05, 0.1) is 41.8 Å². The number of rotatable bonds is 5. The number of hydrogen-bond acceptors (Lipinski definition) is 4. The van der Waals surface area contributed by atoms with Gasteiger partial charge < -0.3 is 9.64 Å². The van der Waals surface area contributed by atoms with E-state index < -0.39 is 0 Å². The number of imidazole rings is 1. The highest BCUT2D eigenvalue weighted by Gasteiger charge is 2.22. The summed E-state index contributed by atoms with van der Waals surface area (Å²) in [5, 5.41) is 11.3. The van der Waals surface area contributed by atoms with E-state index in [0.29, 0.717) is 17.2 Å². The third-order valence-corrected chi connectivity index (χ3v) is 5.55. The summed E-state index contributed by atoms with van der Waals surface area (Å²) in [6, 6.07) is 12.6. The van der Waals surface area contributed by atoms with Crippen LogP contribution in [0.4, 0.5) is 5.69 Å². The first-order valence-corrected chi connectivity index (χ1v) is 9.37. The van der Waals surface area contributed by atoms with Crippen molar-refractivity contribution >= 4 is 28.9 Å². The van der Waals surface area contributed by atoms with Crippen LogP contribution in [0.3, 0.4) is 0 Å². The highest BCUT2D eigenvalue weighted by molar-refractivity contribution is 7.71. The Bertz CT molecular complexity index is 1070. The van der Waals surface area contributed by atoms with Gasteiger partial charge in [0.2, 0.25) is 0 Å². The molecule has 0 amide bonds. The Hall–Kier alpha value is -2.71. The molecule has 7 nitrogen and oxygen atoms in total. The summed E-state index contributed by atoms with van der Waals surface area (Å²) < 4.78 is 10.1. The van der Waals surface area contributed by atoms with Crippen molar-refractivity contribution in [1.82, 2.24) is 9.13 Å². The molecule has 0 unspecified atom stereocenters. The largest absolute Gasteiger partial charge is 0.495 e. The van der Waals surface area contributed by atoms with Crippen molar-refractivity contribution in [2.45, 2.75) is 19.5 Å². The van der Waals surface area contributed by atoms with Gasteiger partial charge in [-0.3, -0.25) is 19.2 Å². The highest BCUT2D eigenvalue weighted by atomic mass is 32.1. The number of likely N-dealkylation sites (tertiary alicyclic amines) is 1. The van der Waals surface area contributed by atoms with E-state index in [0.717, 1.165) is 29.8 Å². The summed E-state index contributed by atoms with van der Waals surface area (Å²) in [5.74, 6) is 0.708. The number of para-hydroxylation sites is 2. The number of fused-ring (bicyclic) bond motifs is 1. The topological polar surface area (TPSA) is 66.7 Å². The SMILES string of the molecule is COc1ccccc1-n1c(=S)n(C[NH+]2CCCC2)c2cc([N+](=O)[O-])ccc21. The predicted octanol–water partition coefficient (Wildman–Crippen LogP) is 2.71. The minimum atomic E-state index is -0.365. The van der Waals surface area contributed by atoms with Crippen molar-refractivity contribution < 1.29 is 14.6 Å². The number of quaternary nitrogens is 1. The summed E-state index contributed by atoms with van der Waals surface area (Å²) >= 11 is 5.81. The standard InChI is InChI=1S/C19H20N4O3S/c1-26-18-7-3-2-6-16(18)22-15-9-8-14(23(24)25)12-17(15)21(19(22)27)13-20-10-4-5-11-20/h2-3,6-9,12H,4-5,10-11,13H2,1H3/p+1. The lowest BCUT2D eigenvalue weighted by molar-refractivity contribution is -0.910. The fraction of sp³-hybridized carbons (Fsp3) is 0.316. The van der Waals surface area contributed by atoms with Crippen LogP contribution in [0.2, 0.25) is 0 Å². The molecule has 3 aromatic rings. The number of nitro groups is 1. The van der Waals surface area contributed by atoms with E-state index in [-0.39, 0.29) is 10.6 Å². The number of nitro benzene ring substituents is 1. The number of nitrogens with one attached hydrogen (secondary N) is 1. The molecule has 0 radical (unpaired) electrons. The van der Waals surface area contributed by atoms with Crippen molar-refractivity contribution in [2.75, 3.05) is 20.2 Å². The van der Waals surface area contributed by atoms with Crippen molar-refractivity contribution in [2.24, 2.45) is 0 Å². The summed E-state index contributed by atoms with van der Waals surface area (Å²) in [7, 11) is 1.63. The average molecular weight is 385 g/mol. The van der Waals surface area contributed by atoms with Gasteiger partial charge in [-0.05, 0) is 30.4 Å². The van der Waals surface area contributed by atoms with Gasteiger partial charge in [-0.15, -0.1) is 0 Å². The monoisotopic (exact) mass is 385 g/mol. The molecule has 8 heteroatoms. The quantitative estimate of drug-likeness (QED) is 0.417. The Balaban J connectivity index is 1.97. The Labute approximate surface area is 161 Å². The van der Waals surface area contributed by atoms with E-state index in [1.807, 2.05) is 33.4 Å². The number of nitrogens with zero attached hydrogens (tertiary/aromatic N) is 3. The van der Waals surface area contributed by atoms with E-state index in [4.69, 9.17) is 17.0 Å². The normalized spacial score (nSPS) is 14.7. The van der Waals surface area contributed by atoms with Crippen LogP contribution in [-0.2, 0) is 6.67 Å². The van der Waals surface area contributed by atoms with Crippen molar-refractivity contribution in [3.63, 3.8) is 0 Å². The predicted molar refractivity (Wildman–Crippen MR) is 105 cm³/mol. The molecular weight excluding hydrogens is 364 g/mol. The first kappa shape index (κ1) is 17.7. The molecular formula is C19H21N4O3S+. The van der Waals surface area contributed by atoms with Crippen molar-refractivity contribution in [3.05, 3.63) is 57.3 Å².